The summed E-state index contributed by atoms with van der Waals surface area (Å²) >= 11 is 0. The first-order valence-electron chi connectivity index (χ1n) is 8.69. The van der Waals surface area contributed by atoms with Gasteiger partial charge in [0.05, 0.1) is 16.2 Å². The molecule has 3 rings (SSSR count). The van der Waals surface area contributed by atoms with Gasteiger partial charge in [0.1, 0.15) is 17.2 Å². The first kappa shape index (κ1) is 22.5. The van der Waals surface area contributed by atoms with Crippen LogP contribution < -0.4 is 10.2 Å². The Morgan fingerprint density at radius 1 is 1.33 bits per heavy atom. The molecule has 1 aromatic heterocycles. The van der Waals surface area contributed by atoms with Crippen molar-refractivity contribution in [1.82, 2.24) is 9.97 Å². The minimum absolute atomic E-state index is 0.0663. The van der Waals surface area contributed by atoms with Crippen LogP contribution in [0.4, 0.5) is 35.0 Å². The van der Waals surface area contributed by atoms with Gasteiger partial charge in [0, 0.05) is 30.0 Å². The lowest BCUT2D eigenvalue weighted by Crippen LogP contribution is -2.47. The highest BCUT2D eigenvalue weighted by Crippen LogP contribution is 2.37. The first-order valence-corrected chi connectivity index (χ1v) is 11.0. The molecule has 2 heterocycles. The van der Waals surface area contributed by atoms with Crippen LogP contribution >= 0.6 is 10.7 Å². The molecule has 0 bridgehead atoms. The van der Waals surface area contributed by atoms with Crippen LogP contribution in [-0.2, 0) is 15.2 Å². The largest absolute Gasteiger partial charge is 0.421 e. The highest BCUT2D eigenvalue weighted by molar-refractivity contribution is 8.13. The molecule has 1 saturated heterocycles. The third kappa shape index (κ3) is 5.10. The quantitative estimate of drug-likeness (QED) is 0.522. The molecule has 1 aliphatic rings. The van der Waals surface area contributed by atoms with E-state index in [0.29, 0.717) is 25.1 Å². The van der Waals surface area contributed by atoms with Crippen LogP contribution in [0.15, 0.2) is 29.3 Å². The lowest BCUT2D eigenvalue weighted by molar-refractivity contribution is -0.137. The monoisotopic (exact) mass is 468 g/mol. The van der Waals surface area contributed by atoms with Gasteiger partial charge in [0.25, 0.3) is 9.05 Å². The molecular formula is C17H17ClF4N4O3S. The maximum atomic E-state index is 14.2. The predicted octanol–water partition coefficient (Wildman–Crippen LogP) is 3.66. The summed E-state index contributed by atoms with van der Waals surface area (Å²) < 4.78 is 77.2. The SMILES string of the molecule is C[C@]1(O)CCCN(c2nc(Nc3ccc(S(=O)(=O)Cl)cc3F)ncc2C(F)(F)F)C1. The number of β-amino-alcohol motifs (C(OH)–C–C–N with tert-alkyl or cyclic N) is 1. The van der Waals surface area contributed by atoms with Gasteiger partial charge in [-0.15, -0.1) is 0 Å². The Morgan fingerprint density at radius 2 is 2.03 bits per heavy atom. The van der Waals surface area contributed by atoms with Gasteiger partial charge < -0.3 is 15.3 Å². The Morgan fingerprint density at radius 3 is 2.60 bits per heavy atom. The standard InChI is InChI=1S/C17H17ClF4N4O3S/c1-16(27)5-2-6-26(9-16)14-11(17(20,21)22)8-23-15(25-14)24-13-4-3-10(7-12(13)19)30(18,28)29/h3-4,7-8,27H,2,5-6,9H2,1H3,(H,23,24,25)/t16-/m0/s1. The zero-order valence-electron chi connectivity index (χ0n) is 15.5. The van der Waals surface area contributed by atoms with Crippen molar-refractivity contribution in [2.75, 3.05) is 23.3 Å². The average Bonchev–Trinajstić information content (AvgIpc) is 2.60. The molecule has 1 atom stereocenters. The fraction of sp³-hybridized carbons (Fsp3) is 0.412. The van der Waals surface area contributed by atoms with E-state index < -0.39 is 42.9 Å². The lowest BCUT2D eigenvalue weighted by atomic mass is 9.95. The van der Waals surface area contributed by atoms with Crippen molar-refractivity contribution in [3.05, 3.63) is 35.8 Å². The summed E-state index contributed by atoms with van der Waals surface area (Å²) in [6, 6.07) is 2.75. The third-order valence-corrected chi connectivity index (χ3v) is 5.87. The summed E-state index contributed by atoms with van der Waals surface area (Å²) in [5.74, 6) is -1.79. The third-order valence-electron chi connectivity index (χ3n) is 4.52. The molecule has 1 fully saturated rings. The van der Waals surface area contributed by atoms with Crippen LogP contribution in [0.1, 0.15) is 25.3 Å². The van der Waals surface area contributed by atoms with E-state index in [1.807, 2.05) is 0 Å². The van der Waals surface area contributed by atoms with Crippen molar-refractivity contribution < 1.29 is 31.1 Å². The molecule has 164 valence electrons. The topological polar surface area (TPSA) is 95.4 Å². The van der Waals surface area contributed by atoms with E-state index in [1.54, 1.807) is 0 Å². The number of rotatable bonds is 4. The van der Waals surface area contributed by atoms with Crippen molar-refractivity contribution in [1.29, 1.82) is 0 Å². The molecule has 0 spiro atoms. The van der Waals surface area contributed by atoms with E-state index in [9.17, 15) is 31.1 Å². The molecule has 0 aliphatic carbocycles. The smallest absolute Gasteiger partial charge is 0.388 e. The zero-order valence-corrected chi connectivity index (χ0v) is 17.1. The number of aromatic nitrogens is 2. The molecule has 2 N–H and O–H groups in total. The molecule has 1 aromatic carbocycles. The summed E-state index contributed by atoms with van der Waals surface area (Å²) in [5.41, 5.74) is -2.53. The highest BCUT2D eigenvalue weighted by Gasteiger charge is 2.39. The van der Waals surface area contributed by atoms with Gasteiger partial charge >= 0.3 is 6.18 Å². The van der Waals surface area contributed by atoms with Crippen LogP contribution in [-0.4, -0.2) is 42.2 Å². The minimum atomic E-state index is -4.74. The summed E-state index contributed by atoms with van der Waals surface area (Å²) in [6.45, 7) is 1.70. The number of nitrogens with zero attached hydrogens (tertiary/aromatic N) is 3. The summed E-state index contributed by atoms with van der Waals surface area (Å²) in [4.78, 5) is 8.33. The molecule has 0 radical (unpaired) electrons. The second kappa shape index (κ2) is 7.82. The molecule has 2 aromatic rings. The Kier molecular flexibility index (Phi) is 5.87. The van der Waals surface area contributed by atoms with Crippen LogP contribution in [0.3, 0.4) is 0 Å². The normalized spacial score (nSPS) is 20.3. The number of alkyl halides is 3. The highest BCUT2D eigenvalue weighted by atomic mass is 35.7. The van der Waals surface area contributed by atoms with E-state index in [2.05, 4.69) is 15.3 Å². The van der Waals surface area contributed by atoms with E-state index >= 15 is 0 Å². The molecule has 13 heteroatoms. The van der Waals surface area contributed by atoms with Crippen LogP contribution in [0, 0.1) is 5.82 Å². The van der Waals surface area contributed by atoms with Gasteiger partial charge in [-0.1, -0.05) is 0 Å². The van der Waals surface area contributed by atoms with Crippen molar-refractivity contribution in [3.8, 4) is 0 Å². The van der Waals surface area contributed by atoms with E-state index in [0.717, 1.165) is 12.1 Å². The Bertz CT molecular complexity index is 1060. The molecule has 1 aliphatic heterocycles. The van der Waals surface area contributed by atoms with Gasteiger partial charge in [-0.2, -0.15) is 18.2 Å². The van der Waals surface area contributed by atoms with Crippen molar-refractivity contribution in [3.63, 3.8) is 0 Å². The van der Waals surface area contributed by atoms with Crippen LogP contribution in [0.25, 0.3) is 0 Å². The molecule has 0 saturated carbocycles. The Balaban J connectivity index is 1.97. The molecule has 30 heavy (non-hydrogen) atoms. The maximum absolute atomic E-state index is 14.2. The molecular weight excluding hydrogens is 452 g/mol. The van der Waals surface area contributed by atoms with Gasteiger partial charge in [0.15, 0.2) is 0 Å². The zero-order chi connectivity index (χ0) is 22.3. The van der Waals surface area contributed by atoms with Gasteiger partial charge in [-0.05, 0) is 38.0 Å². The number of anilines is 3. The van der Waals surface area contributed by atoms with Gasteiger partial charge in [-0.3, -0.25) is 0 Å². The predicted molar refractivity (Wildman–Crippen MR) is 102 cm³/mol. The summed E-state index contributed by atoms with van der Waals surface area (Å²) in [5, 5.41) is 12.7. The van der Waals surface area contributed by atoms with Gasteiger partial charge in [0.2, 0.25) is 5.95 Å². The number of nitrogens with one attached hydrogen (secondary N) is 1. The summed E-state index contributed by atoms with van der Waals surface area (Å²) in [6.07, 6.45) is -3.27. The lowest BCUT2D eigenvalue weighted by Gasteiger charge is -2.38. The van der Waals surface area contributed by atoms with Crippen molar-refractivity contribution >= 4 is 37.2 Å². The number of piperidine rings is 1. The first-order chi connectivity index (χ1) is 13.8. The fourth-order valence-corrected chi connectivity index (χ4v) is 3.91. The molecule has 0 amide bonds. The van der Waals surface area contributed by atoms with E-state index in [1.165, 1.54) is 11.8 Å². The Labute approximate surface area is 174 Å². The van der Waals surface area contributed by atoms with Crippen LogP contribution in [0.2, 0.25) is 0 Å². The van der Waals surface area contributed by atoms with Gasteiger partial charge in [-0.25, -0.2) is 17.8 Å². The molecule has 0 unspecified atom stereocenters. The minimum Gasteiger partial charge on any atom is -0.388 e. The van der Waals surface area contributed by atoms with Crippen LogP contribution in [0.5, 0.6) is 0 Å². The van der Waals surface area contributed by atoms with E-state index in [-0.39, 0.29) is 24.7 Å². The number of halogens is 5. The number of benzene rings is 1. The fourth-order valence-electron chi connectivity index (χ4n) is 3.14. The second-order valence-corrected chi connectivity index (χ2v) is 9.72. The Hall–Kier alpha value is -2.18. The van der Waals surface area contributed by atoms with Crippen molar-refractivity contribution in [2.24, 2.45) is 0 Å². The van der Waals surface area contributed by atoms with Crippen molar-refractivity contribution in [2.45, 2.75) is 36.4 Å². The number of hydrogen-bond donors (Lipinski definition) is 2. The number of aliphatic hydroxyl groups is 1. The second-order valence-electron chi connectivity index (χ2n) is 7.16. The van der Waals surface area contributed by atoms with E-state index in [4.69, 9.17) is 10.7 Å². The number of hydrogen-bond acceptors (Lipinski definition) is 7. The summed E-state index contributed by atoms with van der Waals surface area (Å²) in [7, 11) is 1.01. The molecule has 7 nitrogen and oxygen atoms in total. The average molecular weight is 469 g/mol. The maximum Gasteiger partial charge on any atom is 0.421 e.